The van der Waals surface area contributed by atoms with Crippen LogP contribution in [0.4, 0.5) is 0 Å². The Morgan fingerprint density at radius 2 is 2.19 bits per heavy atom. The third kappa shape index (κ3) is 2.83. The molecule has 0 spiro atoms. The van der Waals surface area contributed by atoms with Crippen molar-refractivity contribution >= 4 is 5.91 Å². The summed E-state index contributed by atoms with van der Waals surface area (Å²) in [4.78, 5) is 16.1. The van der Waals surface area contributed by atoms with Crippen molar-refractivity contribution in [3.63, 3.8) is 0 Å². The molecule has 0 aromatic carbocycles. The van der Waals surface area contributed by atoms with Crippen LogP contribution in [0, 0.1) is 5.92 Å². The van der Waals surface area contributed by atoms with E-state index in [4.69, 9.17) is 5.73 Å². The van der Waals surface area contributed by atoms with Gasteiger partial charge in [-0.3, -0.25) is 4.79 Å². The summed E-state index contributed by atoms with van der Waals surface area (Å²) in [6, 6.07) is 0. The number of allylic oxidation sites excluding steroid dienone is 3. The van der Waals surface area contributed by atoms with E-state index in [1.54, 1.807) is 6.08 Å². The third-order valence-electron chi connectivity index (χ3n) is 4.57. The lowest BCUT2D eigenvalue weighted by Gasteiger charge is -2.32. The van der Waals surface area contributed by atoms with E-state index in [1.807, 2.05) is 17.2 Å². The van der Waals surface area contributed by atoms with E-state index in [2.05, 4.69) is 23.3 Å². The summed E-state index contributed by atoms with van der Waals surface area (Å²) in [5.41, 5.74) is 7.34. The number of carbonyl (C=O) groups excluding carboxylic acids is 1. The van der Waals surface area contributed by atoms with E-state index in [-0.39, 0.29) is 12.1 Å². The highest BCUT2D eigenvalue weighted by Crippen LogP contribution is 2.30. The Balaban J connectivity index is 1.63. The Bertz CT molecular complexity index is 500. The molecule has 1 saturated heterocycles. The molecule has 0 saturated carbocycles. The number of carbonyl (C=O) groups is 1. The number of likely N-dealkylation sites (tertiary alicyclic amines) is 1. The standard InChI is InChI=1S/C16H24N4O/c1-2-7-19-9-5-12(6-10-19)14-11-20-8-3-4-13(15(17)21)16(20)18-14/h3-4,8,11-12,16,18H,2,5-7,9-10H2,1H3,(H2,17,21). The number of hydrogen-bond acceptors (Lipinski definition) is 4. The molecular weight excluding hydrogens is 264 g/mol. The van der Waals surface area contributed by atoms with E-state index in [1.165, 1.54) is 31.5 Å². The predicted molar refractivity (Wildman–Crippen MR) is 82.7 cm³/mol. The molecular formula is C16H24N4O. The first kappa shape index (κ1) is 14.2. The smallest absolute Gasteiger partial charge is 0.248 e. The molecule has 3 rings (SSSR count). The Hall–Kier alpha value is -1.75. The first-order valence-electron chi connectivity index (χ1n) is 7.85. The normalized spacial score (nSPS) is 26.1. The molecule has 5 heteroatoms. The first-order valence-corrected chi connectivity index (χ1v) is 7.85. The predicted octanol–water partition coefficient (Wildman–Crippen LogP) is 1.12. The fourth-order valence-corrected chi connectivity index (χ4v) is 3.43. The molecule has 0 aromatic heterocycles. The van der Waals surface area contributed by atoms with Crippen LogP contribution in [0.3, 0.4) is 0 Å². The van der Waals surface area contributed by atoms with Gasteiger partial charge in [0, 0.05) is 24.0 Å². The van der Waals surface area contributed by atoms with Crippen LogP contribution >= 0.6 is 0 Å². The van der Waals surface area contributed by atoms with Crippen molar-refractivity contribution in [2.45, 2.75) is 32.4 Å². The molecule has 1 unspecified atom stereocenters. The van der Waals surface area contributed by atoms with E-state index in [9.17, 15) is 4.79 Å². The van der Waals surface area contributed by atoms with Crippen LogP contribution in [-0.2, 0) is 4.79 Å². The summed E-state index contributed by atoms with van der Waals surface area (Å²) in [6.07, 6.45) is 11.3. The first-order chi connectivity index (χ1) is 10.2. The lowest BCUT2D eigenvalue weighted by Crippen LogP contribution is -2.42. The number of nitrogens with zero attached hydrogens (tertiary/aromatic N) is 2. The van der Waals surface area contributed by atoms with E-state index in [0.717, 1.165) is 13.1 Å². The third-order valence-corrected chi connectivity index (χ3v) is 4.57. The highest BCUT2D eigenvalue weighted by Gasteiger charge is 2.33. The van der Waals surface area contributed by atoms with E-state index < -0.39 is 0 Å². The van der Waals surface area contributed by atoms with Gasteiger partial charge in [0.25, 0.3) is 0 Å². The number of hydrogen-bond donors (Lipinski definition) is 2. The van der Waals surface area contributed by atoms with Gasteiger partial charge in [0.1, 0.15) is 6.17 Å². The summed E-state index contributed by atoms with van der Waals surface area (Å²) >= 11 is 0. The van der Waals surface area contributed by atoms with Gasteiger partial charge in [0.15, 0.2) is 0 Å². The molecule has 1 fully saturated rings. The van der Waals surface area contributed by atoms with Crippen LogP contribution < -0.4 is 11.1 Å². The molecule has 114 valence electrons. The molecule has 3 N–H and O–H groups in total. The number of rotatable bonds is 4. The molecule has 21 heavy (non-hydrogen) atoms. The zero-order chi connectivity index (χ0) is 14.8. The van der Waals surface area contributed by atoms with Gasteiger partial charge in [0.2, 0.25) is 5.91 Å². The molecule has 1 amide bonds. The second-order valence-corrected chi connectivity index (χ2v) is 6.02. The molecule has 3 heterocycles. The summed E-state index contributed by atoms with van der Waals surface area (Å²) in [5, 5.41) is 3.49. The van der Waals surface area contributed by atoms with Crippen molar-refractivity contribution < 1.29 is 4.79 Å². The zero-order valence-electron chi connectivity index (χ0n) is 12.6. The molecule has 0 aliphatic carbocycles. The van der Waals surface area contributed by atoms with Gasteiger partial charge in [0.05, 0.1) is 5.57 Å². The average molecular weight is 288 g/mol. The number of amides is 1. The largest absolute Gasteiger partial charge is 0.366 e. The van der Waals surface area contributed by atoms with Crippen molar-refractivity contribution in [3.8, 4) is 0 Å². The van der Waals surface area contributed by atoms with Crippen LogP contribution in [0.5, 0.6) is 0 Å². The highest BCUT2D eigenvalue weighted by molar-refractivity contribution is 5.94. The van der Waals surface area contributed by atoms with Crippen LogP contribution in [0.2, 0.25) is 0 Å². The Kier molecular flexibility index (Phi) is 4.01. The zero-order valence-corrected chi connectivity index (χ0v) is 12.6. The lowest BCUT2D eigenvalue weighted by molar-refractivity contribution is -0.115. The van der Waals surface area contributed by atoms with Crippen LogP contribution in [0.15, 0.2) is 35.8 Å². The maximum atomic E-state index is 11.5. The topological polar surface area (TPSA) is 61.6 Å². The summed E-state index contributed by atoms with van der Waals surface area (Å²) in [7, 11) is 0. The lowest BCUT2D eigenvalue weighted by atomic mass is 9.93. The molecule has 0 bridgehead atoms. The van der Waals surface area contributed by atoms with Crippen LogP contribution in [-0.4, -0.2) is 41.5 Å². The van der Waals surface area contributed by atoms with Crippen molar-refractivity contribution in [2.75, 3.05) is 19.6 Å². The van der Waals surface area contributed by atoms with Gasteiger partial charge in [-0.05, 0) is 51.0 Å². The van der Waals surface area contributed by atoms with Gasteiger partial charge in [-0.2, -0.15) is 0 Å². The molecule has 3 aliphatic rings. The summed E-state index contributed by atoms with van der Waals surface area (Å²) in [6.45, 7) is 5.76. The van der Waals surface area contributed by atoms with Gasteiger partial charge < -0.3 is 20.9 Å². The Morgan fingerprint density at radius 3 is 2.86 bits per heavy atom. The second-order valence-electron chi connectivity index (χ2n) is 6.02. The monoisotopic (exact) mass is 288 g/mol. The van der Waals surface area contributed by atoms with Gasteiger partial charge in [-0.15, -0.1) is 0 Å². The second kappa shape index (κ2) is 5.93. The van der Waals surface area contributed by atoms with E-state index >= 15 is 0 Å². The van der Waals surface area contributed by atoms with E-state index in [0.29, 0.717) is 11.5 Å². The van der Waals surface area contributed by atoms with Crippen molar-refractivity contribution in [3.05, 3.63) is 35.8 Å². The number of piperidine rings is 1. The number of nitrogens with one attached hydrogen (secondary N) is 1. The molecule has 1 atom stereocenters. The average Bonchev–Trinajstić information content (AvgIpc) is 2.92. The molecule has 0 radical (unpaired) electrons. The van der Waals surface area contributed by atoms with Crippen LogP contribution in [0.25, 0.3) is 0 Å². The van der Waals surface area contributed by atoms with Crippen molar-refractivity contribution in [2.24, 2.45) is 11.7 Å². The molecule has 5 nitrogen and oxygen atoms in total. The number of nitrogens with two attached hydrogens (primary N) is 1. The SMILES string of the molecule is CCCN1CCC(C2=CN3C=CC=C(C(N)=O)C3N2)CC1. The Morgan fingerprint density at radius 1 is 1.43 bits per heavy atom. The maximum absolute atomic E-state index is 11.5. The minimum atomic E-state index is -0.353. The quantitative estimate of drug-likeness (QED) is 0.814. The van der Waals surface area contributed by atoms with Gasteiger partial charge in [-0.25, -0.2) is 0 Å². The van der Waals surface area contributed by atoms with Crippen LogP contribution in [0.1, 0.15) is 26.2 Å². The Labute approximate surface area is 126 Å². The fourth-order valence-electron chi connectivity index (χ4n) is 3.43. The number of primary amides is 1. The van der Waals surface area contributed by atoms with Gasteiger partial charge in [-0.1, -0.05) is 6.92 Å². The fraction of sp³-hybridized carbons (Fsp3) is 0.562. The van der Waals surface area contributed by atoms with Crippen molar-refractivity contribution in [1.82, 2.24) is 15.1 Å². The van der Waals surface area contributed by atoms with Crippen molar-refractivity contribution in [1.29, 1.82) is 0 Å². The molecule has 3 aliphatic heterocycles. The summed E-state index contributed by atoms with van der Waals surface area (Å²) < 4.78 is 0. The minimum Gasteiger partial charge on any atom is -0.366 e. The summed E-state index contributed by atoms with van der Waals surface area (Å²) in [5.74, 6) is 0.209. The number of fused-ring (bicyclic) bond motifs is 1. The van der Waals surface area contributed by atoms with Gasteiger partial charge >= 0.3 is 0 Å². The minimum absolute atomic E-state index is 0.115. The highest BCUT2D eigenvalue weighted by atomic mass is 16.1. The maximum Gasteiger partial charge on any atom is 0.248 e. The molecule has 0 aromatic rings.